The molecule has 0 saturated carbocycles. The molecule has 0 radical (unpaired) electrons. The molecule has 1 spiro atoms. The average Bonchev–Trinajstić information content (AvgIpc) is 3.68. The molecular formula is C32H43N5O6S2. The lowest BCUT2D eigenvalue weighted by molar-refractivity contribution is 0.0157. The molecular weight excluding hydrogens is 615 g/mol. The number of piperazine rings is 1. The Hall–Kier alpha value is -2.97. The van der Waals surface area contributed by atoms with E-state index in [1.807, 2.05) is 18.2 Å². The Balaban J connectivity index is 1.10. The second kappa shape index (κ2) is 13.0. The zero-order chi connectivity index (χ0) is 31.8. The van der Waals surface area contributed by atoms with Gasteiger partial charge in [0.15, 0.2) is 11.5 Å². The predicted molar refractivity (Wildman–Crippen MR) is 177 cm³/mol. The zero-order valence-corrected chi connectivity index (χ0v) is 28.0. The van der Waals surface area contributed by atoms with Crippen molar-refractivity contribution < 1.29 is 22.7 Å². The van der Waals surface area contributed by atoms with Crippen LogP contribution in [-0.4, -0.2) is 112 Å². The van der Waals surface area contributed by atoms with Crippen LogP contribution in [0, 0.1) is 5.41 Å². The Bertz CT molecular complexity index is 1710. The Morgan fingerprint density at radius 3 is 2.53 bits per heavy atom. The number of likely N-dealkylation sites (tertiary alicyclic amines) is 1. The number of hydrogen-bond acceptors (Lipinski definition) is 9. The van der Waals surface area contributed by atoms with Crippen LogP contribution < -0.4 is 20.3 Å². The molecule has 0 aliphatic carbocycles. The Morgan fingerprint density at radius 1 is 1.07 bits per heavy atom. The molecule has 3 aliphatic rings. The van der Waals surface area contributed by atoms with Gasteiger partial charge < -0.3 is 29.2 Å². The number of methoxy groups -OCH3 is 1. The van der Waals surface area contributed by atoms with Gasteiger partial charge in [0.2, 0.25) is 10.0 Å². The Labute approximate surface area is 268 Å². The molecule has 244 valence electrons. The molecule has 0 atom stereocenters. The number of carbonyl (C=O) groups excluding carboxylic acids is 1. The fourth-order valence-electron chi connectivity index (χ4n) is 6.82. The SMILES string of the molecule is COc1cc(-c2cn(C)c(=O)c3cc(C(=O)N4CCN(S(C)(=O)=O)CC4)sc23)ccc1OCCCCCN1CC2(CCNC2)C1. The molecule has 1 amide bonds. The highest BCUT2D eigenvalue weighted by molar-refractivity contribution is 7.88. The number of pyridine rings is 1. The molecule has 0 bridgehead atoms. The van der Waals surface area contributed by atoms with Crippen molar-refractivity contribution in [2.45, 2.75) is 25.7 Å². The summed E-state index contributed by atoms with van der Waals surface area (Å²) in [5, 5.41) is 3.97. The van der Waals surface area contributed by atoms with Crippen molar-refractivity contribution in [1.29, 1.82) is 0 Å². The number of unbranched alkanes of at least 4 members (excludes halogenated alkanes) is 2. The number of nitrogens with zero attached hydrogens (tertiary/aromatic N) is 4. The maximum Gasteiger partial charge on any atom is 0.264 e. The van der Waals surface area contributed by atoms with Crippen LogP contribution >= 0.6 is 11.3 Å². The number of aromatic nitrogens is 1. The first kappa shape index (κ1) is 32.0. The maximum atomic E-state index is 13.4. The number of sulfonamides is 1. The summed E-state index contributed by atoms with van der Waals surface area (Å²) in [6, 6.07) is 7.44. The maximum absolute atomic E-state index is 13.4. The summed E-state index contributed by atoms with van der Waals surface area (Å²) in [5.41, 5.74) is 2.05. The highest BCUT2D eigenvalue weighted by atomic mass is 32.2. The molecule has 3 aromatic rings. The van der Waals surface area contributed by atoms with Gasteiger partial charge in [-0.25, -0.2) is 8.42 Å². The van der Waals surface area contributed by atoms with Gasteiger partial charge in [-0.2, -0.15) is 4.31 Å². The molecule has 6 rings (SSSR count). The topological polar surface area (TPSA) is 113 Å². The number of ether oxygens (including phenoxy) is 2. The molecule has 3 fully saturated rings. The van der Waals surface area contributed by atoms with Gasteiger partial charge in [0.25, 0.3) is 11.5 Å². The van der Waals surface area contributed by atoms with Crippen molar-refractivity contribution in [2.75, 3.05) is 78.9 Å². The highest BCUT2D eigenvalue weighted by Crippen LogP contribution is 2.38. The van der Waals surface area contributed by atoms with E-state index in [9.17, 15) is 18.0 Å². The van der Waals surface area contributed by atoms with Crippen molar-refractivity contribution in [3.8, 4) is 22.6 Å². The average molecular weight is 658 g/mol. The predicted octanol–water partition coefficient (Wildman–Crippen LogP) is 2.84. The van der Waals surface area contributed by atoms with Crippen molar-refractivity contribution in [3.63, 3.8) is 0 Å². The number of fused-ring (bicyclic) bond motifs is 1. The standard InChI is InChI=1S/C32H43N5O6S2/c1-34-19-25(29-24(30(34)38)18-28(44-29)31(39)36-12-14-37(15-13-36)45(3,40)41)23-7-8-26(27(17-23)42-2)43-16-6-4-5-11-35-21-32(22-35)9-10-33-20-32/h7-8,17-19,33H,4-6,9-16,20-22H2,1-3H3. The Morgan fingerprint density at radius 2 is 1.84 bits per heavy atom. The van der Waals surface area contributed by atoms with Crippen LogP contribution in [0.2, 0.25) is 0 Å². The minimum Gasteiger partial charge on any atom is -0.493 e. The van der Waals surface area contributed by atoms with Crippen molar-refractivity contribution in [2.24, 2.45) is 12.5 Å². The van der Waals surface area contributed by atoms with Crippen molar-refractivity contribution in [1.82, 2.24) is 24.0 Å². The smallest absolute Gasteiger partial charge is 0.264 e. The van der Waals surface area contributed by atoms with Gasteiger partial charge in [0.05, 0.1) is 30.2 Å². The lowest BCUT2D eigenvalue weighted by atomic mass is 9.79. The van der Waals surface area contributed by atoms with Crippen molar-refractivity contribution >= 4 is 37.4 Å². The molecule has 0 unspecified atom stereocenters. The van der Waals surface area contributed by atoms with E-state index in [1.165, 1.54) is 58.9 Å². The zero-order valence-electron chi connectivity index (χ0n) is 26.3. The summed E-state index contributed by atoms with van der Waals surface area (Å²) < 4.78 is 39.2. The van der Waals surface area contributed by atoms with Crippen LogP contribution in [0.15, 0.2) is 35.3 Å². The number of nitrogens with one attached hydrogen (secondary N) is 1. The van der Waals surface area contributed by atoms with E-state index in [1.54, 1.807) is 31.3 Å². The first-order chi connectivity index (χ1) is 21.6. The molecule has 5 heterocycles. The third-order valence-corrected chi connectivity index (χ3v) is 11.8. The van der Waals surface area contributed by atoms with E-state index < -0.39 is 10.0 Å². The van der Waals surface area contributed by atoms with E-state index in [0.717, 1.165) is 41.8 Å². The van der Waals surface area contributed by atoms with E-state index >= 15 is 0 Å². The minimum atomic E-state index is -3.30. The summed E-state index contributed by atoms with van der Waals surface area (Å²) in [6.07, 6.45) is 7.55. The second-order valence-electron chi connectivity index (χ2n) is 12.7. The molecule has 11 nitrogen and oxygen atoms in total. The summed E-state index contributed by atoms with van der Waals surface area (Å²) >= 11 is 1.29. The normalized spacial score (nSPS) is 18.9. The number of hydrogen-bond donors (Lipinski definition) is 1. The van der Waals surface area contributed by atoms with E-state index in [4.69, 9.17) is 9.47 Å². The molecule has 2 aromatic heterocycles. The number of aryl methyl sites for hydroxylation is 1. The van der Waals surface area contributed by atoms with Crippen LogP contribution in [0.3, 0.4) is 0 Å². The fourth-order valence-corrected chi connectivity index (χ4v) is 8.79. The molecule has 45 heavy (non-hydrogen) atoms. The minimum absolute atomic E-state index is 0.179. The van der Waals surface area contributed by atoms with Gasteiger partial charge in [0.1, 0.15) is 0 Å². The van der Waals surface area contributed by atoms with Crippen LogP contribution in [0.4, 0.5) is 0 Å². The Kier molecular flexibility index (Phi) is 9.26. The lowest BCUT2D eigenvalue weighted by Crippen LogP contribution is -2.57. The van der Waals surface area contributed by atoms with Gasteiger partial charge in [-0.1, -0.05) is 6.07 Å². The van der Waals surface area contributed by atoms with Gasteiger partial charge in [0, 0.05) is 74.7 Å². The first-order valence-corrected chi connectivity index (χ1v) is 18.4. The van der Waals surface area contributed by atoms with E-state index in [0.29, 0.717) is 46.9 Å². The molecule has 3 aliphatic heterocycles. The first-order valence-electron chi connectivity index (χ1n) is 15.7. The number of carbonyl (C=O) groups is 1. The van der Waals surface area contributed by atoms with Crippen molar-refractivity contribution in [3.05, 3.63) is 45.7 Å². The van der Waals surface area contributed by atoms with Crippen LogP contribution in [0.25, 0.3) is 21.2 Å². The van der Waals surface area contributed by atoms with Gasteiger partial charge in [-0.05, 0) is 62.5 Å². The van der Waals surface area contributed by atoms with Crippen LogP contribution in [0.5, 0.6) is 11.5 Å². The molecule has 1 N–H and O–H groups in total. The third-order valence-electron chi connectivity index (χ3n) is 9.36. The van der Waals surface area contributed by atoms with Gasteiger partial charge in [-0.3, -0.25) is 9.59 Å². The summed E-state index contributed by atoms with van der Waals surface area (Å²) in [4.78, 5) is 31.2. The van der Waals surface area contributed by atoms with Crippen LogP contribution in [-0.2, 0) is 17.1 Å². The lowest BCUT2D eigenvalue weighted by Gasteiger charge is -2.48. The quantitative estimate of drug-likeness (QED) is 0.314. The summed E-state index contributed by atoms with van der Waals surface area (Å²) in [6.45, 7) is 7.70. The third kappa shape index (κ3) is 6.78. The number of rotatable bonds is 11. The van der Waals surface area contributed by atoms with Crippen LogP contribution in [0.1, 0.15) is 35.4 Å². The number of benzene rings is 1. The van der Waals surface area contributed by atoms with E-state index in [2.05, 4.69) is 10.2 Å². The second-order valence-corrected chi connectivity index (χ2v) is 15.7. The number of amides is 1. The van der Waals surface area contributed by atoms with Gasteiger partial charge >= 0.3 is 0 Å². The highest BCUT2D eigenvalue weighted by Gasteiger charge is 2.44. The van der Waals surface area contributed by atoms with E-state index in [-0.39, 0.29) is 24.6 Å². The monoisotopic (exact) mass is 657 g/mol. The largest absolute Gasteiger partial charge is 0.493 e. The number of thiophene rings is 1. The fraction of sp³-hybridized carbons (Fsp3) is 0.562. The summed E-state index contributed by atoms with van der Waals surface area (Å²) in [7, 11) is 0.0235. The molecule has 13 heteroatoms. The molecule has 3 saturated heterocycles. The summed E-state index contributed by atoms with van der Waals surface area (Å²) in [5.74, 6) is 1.09. The molecule has 1 aromatic carbocycles. The van der Waals surface area contributed by atoms with Gasteiger partial charge in [-0.15, -0.1) is 11.3 Å².